The van der Waals surface area contributed by atoms with Crippen molar-refractivity contribution < 1.29 is 19.0 Å². The zero-order valence-electron chi connectivity index (χ0n) is 18.8. The lowest BCUT2D eigenvalue weighted by molar-refractivity contribution is -0.118. The van der Waals surface area contributed by atoms with Crippen molar-refractivity contribution in [2.75, 3.05) is 26.3 Å². The number of ether oxygens (including phenoxy) is 3. The summed E-state index contributed by atoms with van der Waals surface area (Å²) < 4.78 is 18.1. The molecule has 34 heavy (non-hydrogen) atoms. The zero-order chi connectivity index (χ0) is 24.1. The maximum atomic E-state index is 13.3. The van der Waals surface area contributed by atoms with Crippen LogP contribution < -0.4 is 19.2 Å². The summed E-state index contributed by atoms with van der Waals surface area (Å²) >= 11 is 4.88. The fourth-order valence-electron chi connectivity index (χ4n) is 3.34. The van der Waals surface area contributed by atoms with E-state index in [9.17, 15) is 4.79 Å². The number of methoxy groups -OCH3 is 3. The van der Waals surface area contributed by atoms with Gasteiger partial charge in [0.05, 0.1) is 44.2 Å². The lowest BCUT2D eigenvalue weighted by Crippen LogP contribution is -2.27. The highest BCUT2D eigenvalue weighted by molar-refractivity contribution is 9.10. The third-order valence-corrected chi connectivity index (χ3v) is 6.45. The van der Waals surface area contributed by atoms with Gasteiger partial charge < -0.3 is 14.2 Å². The average molecular weight is 540 g/mol. The van der Waals surface area contributed by atoms with Gasteiger partial charge >= 0.3 is 0 Å². The SMILES string of the molecule is COc1cc(/C=N/N(C(=O)Cc2ccccc2)c2nc3ccc(Br)cc3s2)cc(OC)c1OC. The molecule has 174 valence electrons. The molecule has 9 heteroatoms. The Kier molecular flexibility index (Phi) is 7.44. The van der Waals surface area contributed by atoms with E-state index < -0.39 is 0 Å². The first-order valence-electron chi connectivity index (χ1n) is 10.3. The normalized spacial score (nSPS) is 11.1. The minimum absolute atomic E-state index is 0.188. The Labute approximate surface area is 209 Å². The number of carbonyl (C=O) groups is 1. The number of aromatic nitrogens is 1. The summed E-state index contributed by atoms with van der Waals surface area (Å²) in [5.41, 5.74) is 2.36. The molecule has 0 unspecified atom stereocenters. The van der Waals surface area contributed by atoms with Gasteiger partial charge in [-0.05, 0) is 35.9 Å². The number of nitrogens with zero attached hydrogens (tertiary/aromatic N) is 3. The third-order valence-electron chi connectivity index (χ3n) is 4.96. The number of halogens is 1. The summed E-state index contributed by atoms with van der Waals surface area (Å²) in [4.78, 5) is 18.0. The summed E-state index contributed by atoms with van der Waals surface area (Å²) in [5, 5.41) is 6.35. The van der Waals surface area contributed by atoms with Gasteiger partial charge in [-0.3, -0.25) is 4.79 Å². The number of rotatable bonds is 8. The van der Waals surface area contributed by atoms with Crippen LogP contribution in [0, 0.1) is 0 Å². The van der Waals surface area contributed by atoms with Crippen LogP contribution in [0.15, 0.2) is 70.2 Å². The Morgan fingerprint density at radius 3 is 2.38 bits per heavy atom. The van der Waals surface area contributed by atoms with Crippen LogP contribution in [0.25, 0.3) is 10.2 Å². The Balaban J connectivity index is 1.73. The van der Waals surface area contributed by atoms with Crippen molar-refractivity contribution in [1.82, 2.24) is 4.98 Å². The molecule has 1 amide bonds. The van der Waals surface area contributed by atoms with Gasteiger partial charge in [0.15, 0.2) is 11.5 Å². The standard InChI is InChI=1S/C25H22BrN3O4S/c1-31-20-11-17(12-21(32-2)24(20)33-3)15-27-29(23(30)13-16-7-5-4-6-8-16)25-28-19-10-9-18(26)14-22(19)34-25/h4-12,14-15H,13H2,1-3H3/b27-15+. The van der Waals surface area contributed by atoms with Crippen LogP contribution in [-0.4, -0.2) is 38.4 Å². The van der Waals surface area contributed by atoms with Gasteiger partial charge in [0.1, 0.15) is 0 Å². The van der Waals surface area contributed by atoms with Gasteiger partial charge in [-0.15, -0.1) is 0 Å². The molecule has 1 aromatic heterocycles. The van der Waals surface area contributed by atoms with Gasteiger partial charge in [-0.25, -0.2) is 4.98 Å². The van der Waals surface area contributed by atoms with Crippen molar-refractivity contribution in [1.29, 1.82) is 0 Å². The maximum Gasteiger partial charge on any atom is 0.253 e. The number of thiazole rings is 1. The first-order valence-corrected chi connectivity index (χ1v) is 11.9. The predicted molar refractivity (Wildman–Crippen MR) is 139 cm³/mol. The quantitative estimate of drug-likeness (QED) is 0.212. The second-order valence-electron chi connectivity index (χ2n) is 7.18. The van der Waals surface area contributed by atoms with Gasteiger partial charge in [0, 0.05) is 10.0 Å². The summed E-state index contributed by atoms with van der Waals surface area (Å²) in [6.45, 7) is 0. The largest absolute Gasteiger partial charge is 0.493 e. The molecular weight excluding hydrogens is 518 g/mol. The van der Waals surface area contributed by atoms with E-state index in [1.807, 2.05) is 48.5 Å². The zero-order valence-corrected chi connectivity index (χ0v) is 21.2. The first-order chi connectivity index (χ1) is 16.5. The molecule has 0 saturated carbocycles. The highest BCUT2D eigenvalue weighted by atomic mass is 79.9. The van der Waals surface area contributed by atoms with E-state index >= 15 is 0 Å². The highest BCUT2D eigenvalue weighted by Crippen LogP contribution is 2.38. The van der Waals surface area contributed by atoms with Crippen LogP contribution in [0.3, 0.4) is 0 Å². The van der Waals surface area contributed by atoms with Gasteiger partial charge in [0.25, 0.3) is 5.91 Å². The van der Waals surface area contributed by atoms with Crippen LogP contribution in [0.2, 0.25) is 0 Å². The van der Waals surface area contributed by atoms with E-state index in [1.54, 1.807) is 39.7 Å². The number of hydrogen-bond donors (Lipinski definition) is 0. The van der Waals surface area contributed by atoms with Crippen molar-refractivity contribution in [3.05, 3.63) is 76.3 Å². The van der Waals surface area contributed by atoms with Crippen LogP contribution >= 0.6 is 27.3 Å². The number of hydrogen-bond acceptors (Lipinski definition) is 7. The van der Waals surface area contributed by atoms with Gasteiger partial charge in [0.2, 0.25) is 10.9 Å². The number of amides is 1. The Bertz CT molecular complexity index is 1320. The summed E-state index contributed by atoms with van der Waals surface area (Å²) in [6.07, 6.45) is 1.77. The lowest BCUT2D eigenvalue weighted by Gasteiger charge is -2.15. The minimum Gasteiger partial charge on any atom is -0.493 e. The minimum atomic E-state index is -0.201. The Morgan fingerprint density at radius 1 is 1.03 bits per heavy atom. The summed E-state index contributed by atoms with van der Waals surface area (Å²) in [7, 11) is 4.64. The molecule has 0 aliphatic carbocycles. The number of anilines is 1. The molecule has 0 fully saturated rings. The maximum absolute atomic E-state index is 13.3. The predicted octanol–water partition coefficient (Wildman–Crippen LogP) is 5.69. The molecular formula is C25H22BrN3O4S. The van der Waals surface area contributed by atoms with Crippen molar-refractivity contribution in [3.63, 3.8) is 0 Å². The molecule has 0 bridgehead atoms. The van der Waals surface area contributed by atoms with Crippen molar-refractivity contribution >= 4 is 54.7 Å². The molecule has 0 N–H and O–H groups in total. The summed E-state index contributed by atoms with van der Waals surface area (Å²) in [5.74, 6) is 1.27. The monoisotopic (exact) mass is 539 g/mol. The molecule has 0 atom stereocenters. The number of benzene rings is 3. The molecule has 0 spiro atoms. The van der Waals surface area contributed by atoms with Gasteiger partial charge in [-0.1, -0.05) is 57.6 Å². The lowest BCUT2D eigenvalue weighted by atomic mass is 10.1. The smallest absolute Gasteiger partial charge is 0.253 e. The molecule has 1 heterocycles. The molecule has 7 nitrogen and oxygen atoms in total. The van der Waals surface area contributed by atoms with Crippen molar-refractivity contribution in [3.8, 4) is 17.2 Å². The van der Waals surface area contributed by atoms with E-state index in [1.165, 1.54) is 16.3 Å². The van der Waals surface area contributed by atoms with Crippen LogP contribution in [0.5, 0.6) is 17.2 Å². The number of carbonyl (C=O) groups excluding carboxylic acids is 1. The topological polar surface area (TPSA) is 73.2 Å². The second kappa shape index (κ2) is 10.7. The number of hydrazone groups is 1. The van der Waals surface area contributed by atoms with Gasteiger partial charge in [-0.2, -0.15) is 10.1 Å². The van der Waals surface area contributed by atoms with Crippen LogP contribution in [0.4, 0.5) is 5.13 Å². The van der Waals surface area contributed by atoms with E-state index in [0.717, 1.165) is 20.3 Å². The molecule has 0 aliphatic heterocycles. The highest BCUT2D eigenvalue weighted by Gasteiger charge is 2.20. The van der Waals surface area contributed by atoms with E-state index in [0.29, 0.717) is 27.9 Å². The molecule has 4 rings (SSSR count). The fraction of sp³-hybridized carbons (Fsp3) is 0.160. The van der Waals surface area contributed by atoms with Crippen LogP contribution in [-0.2, 0) is 11.2 Å². The molecule has 4 aromatic rings. The van der Waals surface area contributed by atoms with E-state index in [-0.39, 0.29) is 12.3 Å². The number of fused-ring (bicyclic) bond motifs is 1. The average Bonchev–Trinajstić information content (AvgIpc) is 3.26. The summed E-state index contributed by atoms with van der Waals surface area (Å²) in [6, 6.07) is 18.9. The fourth-order valence-corrected chi connectivity index (χ4v) is 4.84. The third kappa shape index (κ3) is 5.21. The molecule has 0 aliphatic rings. The van der Waals surface area contributed by atoms with Crippen LogP contribution in [0.1, 0.15) is 11.1 Å². The molecule has 0 radical (unpaired) electrons. The first kappa shape index (κ1) is 23.7. The molecule has 0 saturated heterocycles. The van der Waals surface area contributed by atoms with E-state index in [4.69, 9.17) is 14.2 Å². The van der Waals surface area contributed by atoms with Crippen molar-refractivity contribution in [2.24, 2.45) is 5.10 Å². The van der Waals surface area contributed by atoms with E-state index in [2.05, 4.69) is 26.0 Å². The Hall–Kier alpha value is -3.43. The van der Waals surface area contributed by atoms with Crippen molar-refractivity contribution in [2.45, 2.75) is 6.42 Å². The molecule has 3 aromatic carbocycles. The Morgan fingerprint density at radius 2 is 1.74 bits per heavy atom. The second-order valence-corrected chi connectivity index (χ2v) is 9.10.